The minimum absolute atomic E-state index is 0.604. The highest BCUT2D eigenvalue weighted by molar-refractivity contribution is 5.94. The van der Waals surface area contributed by atoms with Gasteiger partial charge < -0.3 is 29.4 Å². The van der Waals surface area contributed by atoms with Crippen molar-refractivity contribution in [3.05, 3.63) is 42.4 Å². The van der Waals surface area contributed by atoms with Gasteiger partial charge in [-0.1, -0.05) is 0 Å². The standard InChI is InChI=1S/C22H30N4O3/c1-26-10-8-17(16-26)15-24-22(23-9-7-19-4-2-11-27-19)25-18-5-6-20-21(14-18)29-13-3-12-28-20/h2,4-6,11,14,17H,3,7-10,12-13,15-16H2,1H3,(H2,23,24,25). The molecular formula is C22H30N4O3. The monoisotopic (exact) mass is 398 g/mol. The Morgan fingerprint density at radius 3 is 2.90 bits per heavy atom. The van der Waals surface area contributed by atoms with Crippen LogP contribution in [0.2, 0.25) is 0 Å². The predicted octanol–water partition coefficient (Wildman–Crippen LogP) is 2.99. The summed E-state index contributed by atoms with van der Waals surface area (Å²) in [6.45, 7) is 5.17. The Morgan fingerprint density at radius 1 is 1.21 bits per heavy atom. The zero-order valence-electron chi connectivity index (χ0n) is 17.0. The molecule has 1 aromatic heterocycles. The number of hydrogen-bond donors (Lipinski definition) is 2. The van der Waals surface area contributed by atoms with Crippen LogP contribution in [0, 0.1) is 5.92 Å². The molecule has 7 nitrogen and oxygen atoms in total. The SMILES string of the molecule is CN1CCC(CN=C(NCCc2ccco2)Nc2ccc3c(c2)OCCCO3)C1. The summed E-state index contributed by atoms with van der Waals surface area (Å²) in [6, 6.07) is 9.84. The molecule has 1 fully saturated rings. The molecule has 1 aromatic carbocycles. The first kappa shape index (κ1) is 19.6. The first-order chi connectivity index (χ1) is 14.3. The normalized spacial score (nSPS) is 19.8. The van der Waals surface area contributed by atoms with E-state index in [0.717, 1.165) is 67.9 Å². The number of rotatable bonds is 6. The van der Waals surface area contributed by atoms with Crippen LogP contribution in [0.15, 0.2) is 46.0 Å². The number of aliphatic imine (C=N–C) groups is 1. The summed E-state index contributed by atoms with van der Waals surface area (Å²) >= 11 is 0. The van der Waals surface area contributed by atoms with Gasteiger partial charge in [-0.25, -0.2) is 0 Å². The fourth-order valence-corrected chi connectivity index (χ4v) is 3.67. The lowest BCUT2D eigenvalue weighted by Gasteiger charge is -2.15. The molecule has 4 rings (SSSR count). The second-order valence-electron chi connectivity index (χ2n) is 7.70. The van der Waals surface area contributed by atoms with Gasteiger partial charge in [0, 0.05) is 44.2 Å². The molecule has 1 atom stereocenters. The van der Waals surface area contributed by atoms with Crippen molar-refractivity contribution in [3.8, 4) is 11.5 Å². The van der Waals surface area contributed by atoms with Gasteiger partial charge in [0.1, 0.15) is 5.76 Å². The van der Waals surface area contributed by atoms with E-state index in [0.29, 0.717) is 19.1 Å². The van der Waals surface area contributed by atoms with Crippen molar-refractivity contribution in [1.82, 2.24) is 10.2 Å². The number of likely N-dealkylation sites (tertiary alicyclic amines) is 1. The number of benzene rings is 1. The van der Waals surface area contributed by atoms with E-state index < -0.39 is 0 Å². The van der Waals surface area contributed by atoms with Crippen molar-refractivity contribution in [2.75, 3.05) is 51.8 Å². The summed E-state index contributed by atoms with van der Waals surface area (Å²) in [5.41, 5.74) is 0.932. The van der Waals surface area contributed by atoms with Gasteiger partial charge >= 0.3 is 0 Å². The van der Waals surface area contributed by atoms with Crippen LogP contribution in [0.3, 0.4) is 0 Å². The smallest absolute Gasteiger partial charge is 0.195 e. The molecule has 0 aliphatic carbocycles. The first-order valence-corrected chi connectivity index (χ1v) is 10.4. The van der Waals surface area contributed by atoms with E-state index in [2.05, 4.69) is 22.6 Å². The molecule has 0 amide bonds. The molecule has 2 N–H and O–H groups in total. The molecule has 0 spiro atoms. The van der Waals surface area contributed by atoms with Gasteiger partial charge in [-0.3, -0.25) is 4.99 Å². The molecule has 29 heavy (non-hydrogen) atoms. The molecule has 0 saturated carbocycles. The summed E-state index contributed by atoms with van der Waals surface area (Å²) < 4.78 is 17.0. The Balaban J connectivity index is 1.41. The van der Waals surface area contributed by atoms with E-state index in [4.69, 9.17) is 18.9 Å². The van der Waals surface area contributed by atoms with Crippen LogP contribution in [0.5, 0.6) is 11.5 Å². The van der Waals surface area contributed by atoms with E-state index in [1.165, 1.54) is 6.42 Å². The van der Waals surface area contributed by atoms with Crippen LogP contribution >= 0.6 is 0 Å². The van der Waals surface area contributed by atoms with Gasteiger partial charge in [0.15, 0.2) is 17.5 Å². The third kappa shape index (κ3) is 5.67. The van der Waals surface area contributed by atoms with Crippen LogP contribution in [-0.4, -0.2) is 57.3 Å². The van der Waals surface area contributed by atoms with Gasteiger partial charge in [0.25, 0.3) is 0 Å². The molecule has 7 heteroatoms. The van der Waals surface area contributed by atoms with Gasteiger partial charge in [-0.05, 0) is 50.2 Å². The molecule has 2 aromatic rings. The van der Waals surface area contributed by atoms with Gasteiger partial charge in [-0.15, -0.1) is 0 Å². The highest BCUT2D eigenvalue weighted by Gasteiger charge is 2.19. The summed E-state index contributed by atoms with van der Waals surface area (Å²) in [7, 11) is 2.17. The molecule has 0 bridgehead atoms. The number of hydrogen-bond acceptors (Lipinski definition) is 5. The third-order valence-electron chi connectivity index (χ3n) is 5.25. The Labute approximate surface area is 172 Å². The van der Waals surface area contributed by atoms with E-state index in [1.54, 1.807) is 6.26 Å². The number of anilines is 1. The molecule has 1 saturated heterocycles. The Kier molecular flexibility index (Phi) is 6.56. The quantitative estimate of drug-likeness (QED) is 0.576. The molecule has 0 radical (unpaired) electrons. The molecular weight excluding hydrogens is 368 g/mol. The van der Waals surface area contributed by atoms with Gasteiger partial charge in [0.2, 0.25) is 0 Å². The minimum atomic E-state index is 0.604. The van der Waals surface area contributed by atoms with Crippen molar-refractivity contribution in [2.24, 2.45) is 10.9 Å². The van der Waals surface area contributed by atoms with Crippen LogP contribution in [0.1, 0.15) is 18.6 Å². The summed E-state index contributed by atoms with van der Waals surface area (Å²) in [6.07, 6.45) is 4.61. The molecule has 2 aliphatic heterocycles. The Morgan fingerprint density at radius 2 is 2.10 bits per heavy atom. The van der Waals surface area contributed by atoms with E-state index in [9.17, 15) is 0 Å². The zero-order valence-corrected chi connectivity index (χ0v) is 17.0. The number of furan rings is 1. The highest BCUT2D eigenvalue weighted by atomic mass is 16.5. The van der Waals surface area contributed by atoms with Crippen molar-refractivity contribution in [3.63, 3.8) is 0 Å². The summed E-state index contributed by atoms with van der Waals surface area (Å²) in [5, 5.41) is 6.85. The maximum atomic E-state index is 5.81. The molecule has 2 aliphatic rings. The van der Waals surface area contributed by atoms with Crippen LogP contribution in [0.25, 0.3) is 0 Å². The van der Waals surface area contributed by atoms with E-state index in [1.807, 2.05) is 30.3 Å². The van der Waals surface area contributed by atoms with Gasteiger partial charge in [-0.2, -0.15) is 0 Å². The zero-order chi connectivity index (χ0) is 19.9. The average Bonchev–Trinajstić information content (AvgIpc) is 3.32. The predicted molar refractivity (Wildman–Crippen MR) is 114 cm³/mol. The van der Waals surface area contributed by atoms with Crippen molar-refractivity contribution in [2.45, 2.75) is 19.3 Å². The lowest BCUT2D eigenvalue weighted by atomic mass is 10.1. The van der Waals surface area contributed by atoms with E-state index in [-0.39, 0.29) is 0 Å². The number of ether oxygens (including phenoxy) is 2. The number of nitrogens with zero attached hydrogens (tertiary/aromatic N) is 2. The summed E-state index contributed by atoms with van der Waals surface area (Å²) in [5.74, 6) is 3.92. The average molecular weight is 399 g/mol. The number of fused-ring (bicyclic) bond motifs is 1. The fraction of sp³-hybridized carbons (Fsp3) is 0.500. The Hall–Kier alpha value is -2.67. The lowest BCUT2D eigenvalue weighted by Crippen LogP contribution is -2.33. The number of guanidine groups is 1. The lowest BCUT2D eigenvalue weighted by molar-refractivity contribution is 0.297. The topological polar surface area (TPSA) is 71.3 Å². The van der Waals surface area contributed by atoms with Crippen molar-refractivity contribution in [1.29, 1.82) is 0 Å². The van der Waals surface area contributed by atoms with E-state index >= 15 is 0 Å². The molecule has 3 heterocycles. The third-order valence-corrected chi connectivity index (χ3v) is 5.25. The van der Waals surface area contributed by atoms with Crippen LogP contribution < -0.4 is 20.1 Å². The van der Waals surface area contributed by atoms with Crippen molar-refractivity contribution < 1.29 is 13.9 Å². The van der Waals surface area contributed by atoms with Crippen LogP contribution in [0.4, 0.5) is 5.69 Å². The van der Waals surface area contributed by atoms with Crippen LogP contribution in [-0.2, 0) is 6.42 Å². The summed E-state index contributed by atoms with van der Waals surface area (Å²) in [4.78, 5) is 7.21. The first-order valence-electron chi connectivity index (χ1n) is 10.4. The number of nitrogens with one attached hydrogen (secondary N) is 2. The van der Waals surface area contributed by atoms with Crippen molar-refractivity contribution >= 4 is 11.6 Å². The minimum Gasteiger partial charge on any atom is -0.490 e. The molecule has 1 unspecified atom stereocenters. The molecule has 156 valence electrons. The second-order valence-corrected chi connectivity index (χ2v) is 7.70. The largest absolute Gasteiger partial charge is 0.490 e. The highest BCUT2D eigenvalue weighted by Crippen LogP contribution is 2.32. The maximum Gasteiger partial charge on any atom is 0.195 e. The fourth-order valence-electron chi connectivity index (χ4n) is 3.67. The second kappa shape index (κ2) is 9.69. The maximum absolute atomic E-state index is 5.81. The van der Waals surface area contributed by atoms with Gasteiger partial charge in [0.05, 0.1) is 19.5 Å². The Bertz CT molecular complexity index is 806.